The minimum absolute atomic E-state index is 0.126. The maximum atomic E-state index is 11.9. The Hall–Kier alpha value is -0.740. The quantitative estimate of drug-likeness (QED) is 0.559. The van der Waals surface area contributed by atoms with Gasteiger partial charge in [-0.15, -0.1) is 11.6 Å². The van der Waals surface area contributed by atoms with Gasteiger partial charge in [0.2, 0.25) is 0 Å². The number of halogens is 1. The molecule has 0 rings (SSSR count). The molecular weight excluding hydrogens is 278 g/mol. The van der Waals surface area contributed by atoms with Crippen LogP contribution in [0.2, 0.25) is 0 Å². The van der Waals surface area contributed by atoms with Gasteiger partial charge in [-0.3, -0.25) is 0 Å². The molecule has 1 unspecified atom stereocenters. The van der Waals surface area contributed by atoms with Crippen LogP contribution in [0.15, 0.2) is 12.2 Å². The van der Waals surface area contributed by atoms with Crippen molar-refractivity contribution in [2.75, 3.05) is 5.88 Å². The second-order valence-electron chi connectivity index (χ2n) is 6.21. The highest BCUT2D eigenvalue weighted by molar-refractivity contribution is 6.19. The lowest BCUT2D eigenvalue weighted by molar-refractivity contribution is 0.0364. The highest BCUT2D eigenvalue weighted by Gasteiger charge is 2.28. The number of alkyl carbamates (subject to hydrolysis) is 1. The van der Waals surface area contributed by atoms with Crippen LogP contribution in [0.5, 0.6) is 0 Å². The molecule has 0 spiro atoms. The van der Waals surface area contributed by atoms with Crippen molar-refractivity contribution in [3.8, 4) is 0 Å². The molecule has 0 radical (unpaired) electrons. The van der Waals surface area contributed by atoms with Crippen LogP contribution in [-0.4, -0.2) is 34.8 Å². The van der Waals surface area contributed by atoms with Crippen LogP contribution in [-0.2, 0) is 4.74 Å². The van der Waals surface area contributed by atoms with E-state index in [0.29, 0.717) is 12.3 Å². The molecule has 0 saturated heterocycles. The van der Waals surface area contributed by atoms with Gasteiger partial charge in [0.25, 0.3) is 0 Å². The summed E-state index contributed by atoms with van der Waals surface area (Å²) in [5.41, 5.74) is 0.188. The molecule has 0 saturated carbocycles. The van der Waals surface area contributed by atoms with E-state index >= 15 is 0 Å². The molecule has 0 bridgehead atoms. The first kappa shape index (κ1) is 19.3. The third-order valence-corrected chi connectivity index (χ3v) is 3.42. The predicted molar refractivity (Wildman–Crippen MR) is 83.1 cm³/mol. The summed E-state index contributed by atoms with van der Waals surface area (Å²) in [6.07, 6.45) is -0.0267. The maximum Gasteiger partial charge on any atom is 0.407 e. The van der Waals surface area contributed by atoms with Gasteiger partial charge < -0.3 is 15.2 Å². The Morgan fingerprint density at radius 1 is 1.45 bits per heavy atom. The fourth-order valence-electron chi connectivity index (χ4n) is 1.79. The topological polar surface area (TPSA) is 58.6 Å². The SMILES string of the molecule is C=C(CCl)C[C@H](O)[C@@H](NC(=O)OC(C)(C)C)C(C)CC. The van der Waals surface area contributed by atoms with Gasteiger partial charge in [-0.2, -0.15) is 0 Å². The third-order valence-electron chi connectivity index (χ3n) is 3.04. The number of nitrogens with one attached hydrogen (secondary N) is 1. The number of ether oxygens (including phenoxy) is 1. The molecule has 0 aliphatic heterocycles. The summed E-state index contributed by atoms with van der Waals surface area (Å²) in [4.78, 5) is 11.9. The minimum atomic E-state index is -0.719. The summed E-state index contributed by atoms with van der Waals surface area (Å²) in [6.45, 7) is 13.2. The normalized spacial score (nSPS) is 16.1. The Morgan fingerprint density at radius 3 is 2.40 bits per heavy atom. The van der Waals surface area contributed by atoms with Crippen LogP contribution in [0.25, 0.3) is 0 Å². The van der Waals surface area contributed by atoms with Gasteiger partial charge >= 0.3 is 6.09 Å². The number of alkyl halides is 1. The zero-order valence-corrected chi connectivity index (χ0v) is 14.0. The zero-order valence-electron chi connectivity index (χ0n) is 13.2. The van der Waals surface area contributed by atoms with Gasteiger partial charge in [0.1, 0.15) is 5.60 Å². The van der Waals surface area contributed by atoms with E-state index in [-0.39, 0.29) is 12.0 Å². The molecule has 5 heteroatoms. The first-order valence-corrected chi connectivity index (χ1v) is 7.54. The van der Waals surface area contributed by atoms with Crippen molar-refractivity contribution in [1.82, 2.24) is 5.32 Å². The van der Waals surface area contributed by atoms with E-state index in [2.05, 4.69) is 11.9 Å². The lowest BCUT2D eigenvalue weighted by Gasteiger charge is -2.30. The molecule has 0 aliphatic carbocycles. The molecule has 0 aromatic carbocycles. The van der Waals surface area contributed by atoms with E-state index in [4.69, 9.17) is 16.3 Å². The lowest BCUT2D eigenvalue weighted by atomic mass is 9.91. The van der Waals surface area contributed by atoms with Crippen LogP contribution >= 0.6 is 11.6 Å². The largest absolute Gasteiger partial charge is 0.444 e. The van der Waals surface area contributed by atoms with Crippen LogP contribution in [0.4, 0.5) is 4.79 Å². The van der Waals surface area contributed by atoms with Gasteiger partial charge in [-0.1, -0.05) is 32.4 Å². The zero-order chi connectivity index (χ0) is 15.9. The van der Waals surface area contributed by atoms with Crippen LogP contribution in [0, 0.1) is 5.92 Å². The first-order valence-electron chi connectivity index (χ1n) is 7.00. The number of hydrogen-bond acceptors (Lipinski definition) is 3. The number of carbonyl (C=O) groups is 1. The monoisotopic (exact) mass is 305 g/mol. The van der Waals surface area contributed by atoms with Gasteiger partial charge in [0.15, 0.2) is 0 Å². The molecule has 0 aliphatic rings. The van der Waals surface area contributed by atoms with E-state index in [1.165, 1.54) is 0 Å². The summed E-state index contributed by atoms with van der Waals surface area (Å²) < 4.78 is 5.23. The van der Waals surface area contributed by atoms with Gasteiger partial charge in [-0.05, 0) is 33.1 Å². The van der Waals surface area contributed by atoms with Crippen molar-refractivity contribution >= 4 is 17.7 Å². The molecule has 0 aromatic rings. The van der Waals surface area contributed by atoms with Crippen molar-refractivity contribution < 1.29 is 14.6 Å². The molecule has 0 fully saturated rings. The van der Waals surface area contributed by atoms with Crippen molar-refractivity contribution in [2.45, 2.75) is 65.2 Å². The minimum Gasteiger partial charge on any atom is -0.444 e. The van der Waals surface area contributed by atoms with E-state index in [1.807, 2.05) is 13.8 Å². The summed E-state index contributed by atoms with van der Waals surface area (Å²) in [6, 6.07) is -0.380. The van der Waals surface area contributed by atoms with Crippen molar-refractivity contribution in [1.29, 1.82) is 0 Å². The Morgan fingerprint density at radius 2 is 2.00 bits per heavy atom. The first-order chi connectivity index (χ1) is 9.10. The third kappa shape index (κ3) is 7.75. The number of carbonyl (C=O) groups excluding carboxylic acids is 1. The van der Waals surface area contributed by atoms with Gasteiger partial charge in [0.05, 0.1) is 12.1 Å². The smallest absolute Gasteiger partial charge is 0.407 e. The lowest BCUT2D eigenvalue weighted by Crippen LogP contribution is -2.49. The summed E-state index contributed by atoms with van der Waals surface area (Å²) in [5, 5.41) is 13.0. The fourth-order valence-corrected chi connectivity index (χ4v) is 1.90. The van der Waals surface area contributed by atoms with Gasteiger partial charge in [0, 0.05) is 5.88 Å². The van der Waals surface area contributed by atoms with Crippen LogP contribution < -0.4 is 5.32 Å². The molecule has 0 aromatic heterocycles. The number of aliphatic hydroxyl groups excluding tert-OH is 1. The predicted octanol–water partition coefficient (Wildman–Crippen LogP) is 3.47. The second-order valence-corrected chi connectivity index (χ2v) is 6.48. The number of rotatable bonds is 7. The molecule has 4 nitrogen and oxygen atoms in total. The molecular formula is C15H28ClNO3. The molecule has 0 heterocycles. The van der Waals surface area contributed by atoms with E-state index < -0.39 is 17.8 Å². The highest BCUT2D eigenvalue weighted by Crippen LogP contribution is 2.18. The fraction of sp³-hybridized carbons (Fsp3) is 0.800. The molecule has 1 amide bonds. The molecule has 118 valence electrons. The van der Waals surface area contributed by atoms with E-state index in [1.54, 1.807) is 20.8 Å². The van der Waals surface area contributed by atoms with Gasteiger partial charge in [-0.25, -0.2) is 4.79 Å². The van der Waals surface area contributed by atoms with Crippen molar-refractivity contribution in [3.63, 3.8) is 0 Å². The van der Waals surface area contributed by atoms with Crippen molar-refractivity contribution in [3.05, 3.63) is 12.2 Å². The second kappa shape index (κ2) is 8.53. The Labute approximate surface area is 127 Å². The van der Waals surface area contributed by atoms with Crippen LogP contribution in [0.1, 0.15) is 47.5 Å². The van der Waals surface area contributed by atoms with Crippen LogP contribution in [0.3, 0.4) is 0 Å². The summed E-state index contributed by atoms with van der Waals surface area (Å²) >= 11 is 5.68. The Bertz CT molecular complexity index is 326. The van der Waals surface area contributed by atoms with E-state index in [9.17, 15) is 9.90 Å². The average Bonchev–Trinajstić information content (AvgIpc) is 2.32. The Balaban J connectivity index is 4.72. The standard InChI is InChI=1S/C15H28ClNO3/c1-7-11(3)13(12(18)8-10(2)9-16)17-14(19)20-15(4,5)6/h11-13,18H,2,7-9H2,1,3-6H3,(H,17,19)/t11?,12-,13-/m0/s1. The number of aliphatic hydroxyl groups is 1. The highest BCUT2D eigenvalue weighted by atomic mass is 35.5. The molecule has 20 heavy (non-hydrogen) atoms. The maximum absolute atomic E-state index is 11.9. The summed E-state index contributed by atoms with van der Waals surface area (Å²) in [7, 11) is 0. The van der Waals surface area contributed by atoms with Crippen molar-refractivity contribution in [2.24, 2.45) is 5.92 Å². The molecule has 3 atom stereocenters. The summed E-state index contributed by atoms with van der Waals surface area (Å²) in [5.74, 6) is 0.428. The van der Waals surface area contributed by atoms with E-state index in [0.717, 1.165) is 12.0 Å². The number of amides is 1. The Kier molecular flexibility index (Phi) is 8.21. The molecule has 2 N–H and O–H groups in total. The number of hydrogen-bond donors (Lipinski definition) is 2. The average molecular weight is 306 g/mol.